The fourth-order valence-electron chi connectivity index (χ4n) is 4.52. The lowest BCUT2D eigenvalue weighted by Gasteiger charge is -2.40. The van der Waals surface area contributed by atoms with E-state index >= 15 is 0 Å². The summed E-state index contributed by atoms with van der Waals surface area (Å²) in [4.78, 5) is 10.6. The van der Waals surface area contributed by atoms with Crippen molar-refractivity contribution in [1.82, 2.24) is 0 Å². The van der Waals surface area contributed by atoms with Crippen molar-refractivity contribution in [1.29, 1.82) is 0 Å². The smallest absolute Gasteiger partial charge is 0.303 e. The summed E-state index contributed by atoms with van der Waals surface area (Å²) >= 11 is -0.814. The van der Waals surface area contributed by atoms with E-state index in [0.717, 1.165) is 27.7 Å². The molecule has 224 valence electrons. The highest BCUT2D eigenvalue weighted by Crippen LogP contribution is 2.47. The molecule has 0 radical (unpaired) electrons. The first-order valence-corrected chi connectivity index (χ1v) is 18.1. The first-order chi connectivity index (χ1) is 19.3. The molecule has 41 heavy (non-hydrogen) atoms. The number of allylic oxidation sites excluding steroid dienone is 3. The SMILES string of the molecule is CC1(CCCS(=O)(=O)O)C(/C=C/C=C/Nc2ccccc2)=IN(CCCCCC(=O)O)c2ccc(S(=O)(=O)O)cc21. The Morgan fingerprint density at radius 1 is 1.00 bits per heavy atom. The van der Waals surface area contributed by atoms with Crippen LogP contribution in [0.4, 0.5) is 11.4 Å². The number of rotatable bonds is 15. The van der Waals surface area contributed by atoms with E-state index in [0.29, 0.717) is 24.9 Å². The molecule has 1 heterocycles. The van der Waals surface area contributed by atoms with Crippen LogP contribution in [0.1, 0.15) is 51.0 Å². The van der Waals surface area contributed by atoms with Crippen LogP contribution in [0.5, 0.6) is 0 Å². The Morgan fingerprint density at radius 2 is 1.73 bits per heavy atom. The van der Waals surface area contributed by atoms with E-state index < -0.39 is 58.4 Å². The maximum atomic E-state index is 12.0. The van der Waals surface area contributed by atoms with Gasteiger partial charge in [0.05, 0.1) is 10.6 Å². The van der Waals surface area contributed by atoms with Gasteiger partial charge >= 0.3 is 5.97 Å². The fraction of sp³-hybridized carbons (Fsp3) is 0.357. The molecular weight excluding hydrogens is 683 g/mol. The summed E-state index contributed by atoms with van der Waals surface area (Å²) in [6.45, 7) is 2.56. The van der Waals surface area contributed by atoms with Gasteiger partial charge in [-0.15, -0.1) is 0 Å². The number of aliphatic carboxylic acids is 1. The minimum absolute atomic E-state index is 0.0959. The van der Waals surface area contributed by atoms with Crippen LogP contribution >= 0.6 is 21.0 Å². The Hall–Kier alpha value is -2.59. The van der Waals surface area contributed by atoms with Gasteiger partial charge in [-0.05, 0) is 67.7 Å². The number of anilines is 2. The van der Waals surface area contributed by atoms with Gasteiger partial charge in [-0.3, -0.25) is 13.9 Å². The number of nitrogens with zero attached hydrogens (tertiary/aromatic N) is 1. The number of carboxylic acid groups (broad SMARTS) is 1. The average Bonchev–Trinajstić information content (AvgIpc) is 2.89. The molecule has 0 saturated carbocycles. The number of halogens is 1. The normalized spacial score (nSPS) is 17.7. The molecule has 3 rings (SSSR count). The van der Waals surface area contributed by atoms with Crippen molar-refractivity contribution in [3.05, 3.63) is 78.5 Å². The Labute approximate surface area is 251 Å². The summed E-state index contributed by atoms with van der Waals surface area (Å²) in [5.74, 6) is -1.27. The minimum atomic E-state index is -4.50. The number of nitrogens with one attached hydrogen (secondary N) is 1. The van der Waals surface area contributed by atoms with E-state index in [2.05, 4.69) is 8.43 Å². The highest BCUT2D eigenvalue weighted by atomic mass is 127. The molecule has 1 atom stereocenters. The van der Waals surface area contributed by atoms with Gasteiger partial charge in [-0.2, -0.15) is 16.8 Å². The van der Waals surface area contributed by atoms with Gasteiger partial charge in [0, 0.05) is 60.5 Å². The molecule has 10 nitrogen and oxygen atoms in total. The van der Waals surface area contributed by atoms with Gasteiger partial charge in [0.15, 0.2) is 0 Å². The summed E-state index contributed by atoms with van der Waals surface area (Å²) < 4.78 is 69.4. The minimum Gasteiger partial charge on any atom is -0.481 e. The molecule has 1 aliphatic rings. The van der Waals surface area contributed by atoms with Crippen LogP contribution in [-0.2, 0) is 30.4 Å². The summed E-state index contributed by atoms with van der Waals surface area (Å²) in [6, 6.07) is 14.1. The Kier molecular flexibility index (Phi) is 11.7. The Bertz CT molecular complexity index is 1520. The van der Waals surface area contributed by atoms with Crippen molar-refractivity contribution in [2.24, 2.45) is 0 Å². The molecule has 2 aromatic rings. The molecule has 0 bridgehead atoms. The molecule has 0 spiro atoms. The first kappa shape index (κ1) is 32.9. The molecule has 0 saturated heterocycles. The van der Waals surface area contributed by atoms with Crippen LogP contribution in [0.15, 0.2) is 77.9 Å². The molecule has 0 aromatic heterocycles. The maximum absolute atomic E-state index is 12.0. The maximum Gasteiger partial charge on any atom is 0.303 e. The largest absolute Gasteiger partial charge is 0.481 e. The molecule has 0 aliphatic carbocycles. The number of carbonyl (C=O) groups is 1. The van der Waals surface area contributed by atoms with Gasteiger partial charge in [0.2, 0.25) is 0 Å². The zero-order valence-corrected chi connectivity index (χ0v) is 26.4. The number of benzene rings is 2. The standard InChI is InChI=1S/C28H35IN2O8S2/c1-28(17-10-20-40(34,35)36)24-21-23(41(37,38)39)15-16-25(24)31(19-9-3-6-14-27(32)33)29-26(28)13-7-8-18-30-22-11-4-2-5-12-22/h2,4-5,7-8,11-13,15-16,18,21,30H,3,6,9-10,14,17,19-20H2,1H3,(H,32,33)(H,34,35,36)(H,37,38,39)/b13-7+,18-8+. The van der Waals surface area contributed by atoms with Gasteiger partial charge in [-0.1, -0.05) is 43.7 Å². The molecule has 0 amide bonds. The van der Waals surface area contributed by atoms with E-state index in [-0.39, 0.29) is 17.7 Å². The van der Waals surface area contributed by atoms with E-state index in [1.54, 1.807) is 12.3 Å². The highest BCUT2D eigenvalue weighted by molar-refractivity contribution is 14.2. The quantitative estimate of drug-likeness (QED) is 0.0603. The van der Waals surface area contributed by atoms with Crippen molar-refractivity contribution >= 4 is 62.1 Å². The first-order valence-electron chi connectivity index (χ1n) is 13.0. The average molecular weight is 719 g/mol. The predicted molar refractivity (Wildman–Crippen MR) is 170 cm³/mol. The number of carboxylic acids is 1. The van der Waals surface area contributed by atoms with Crippen molar-refractivity contribution < 1.29 is 35.8 Å². The molecule has 13 heteroatoms. The van der Waals surface area contributed by atoms with Gasteiger partial charge in [0.1, 0.15) is 0 Å². The fourth-order valence-corrected chi connectivity index (χ4v) is 8.89. The number of fused-ring (bicyclic) bond motifs is 1. The van der Waals surface area contributed by atoms with Crippen LogP contribution in [-0.4, -0.2) is 52.8 Å². The van der Waals surface area contributed by atoms with E-state index in [1.165, 1.54) is 12.1 Å². The number of hydrogen-bond donors (Lipinski definition) is 4. The number of unbranched alkanes of at least 4 members (excludes halogenated alkanes) is 2. The lowest BCUT2D eigenvalue weighted by atomic mass is 9.75. The zero-order valence-electron chi connectivity index (χ0n) is 22.6. The van der Waals surface area contributed by atoms with Gasteiger partial charge < -0.3 is 13.5 Å². The van der Waals surface area contributed by atoms with Crippen molar-refractivity contribution in [3.63, 3.8) is 0 Å². The van der Waals surface area contributed by atoms with E-state index in [1.807, 2.05) is 55.5 Å². The third kappa shape index (κ3) is 10.0. The summed E-state index contributed by atoms with van der Waals surface area (Å²) in [5.41, 5.74) is 1.61. The highest BCUT2D eigenvalue weighted by Gasteiger charge is 2.38. The third-order valence-corrected chi connectivity index (χ3v) is 11.9. The molecular formula is C28H35IN2O8S2. The van der Waals surface area contributed by atoms with Crippen LogP contribution in [0.2, 0.25) is 0 Å². The molecule has 1 aliphatic heterocycles. The van der Waals surface area contributed by atoms with E-state index in [9.17, 15) is 30.7 Å². The summed E-state index contributed by atoms with van der Waals surface area (Å²) in [6.07, 6.45) is 10.0. The Morgan fingerprint density at radius 3 is 2.39 bits per heavy atom. The van der Waals surface area contributed by atoms with Crippen LogP contribution in [0, 0.1) is 0 Å². The lowest BCUT2D eigenvalue weighted by Crippen LogP contribution is -2.37. The van der Waals surface area contributed by atoms with Crippen molar-refractivity contribution in [2.75, 3.05) is 20.7 Å². The second kappa shape index (κ2) is 14.5. The summed E-state index contributed by atoms with van der Waals surface area (Å²) in [5, 5.41) is 12.1. The number of hydrogen-bond acceptors (Lipinski definition) is 7. The molecule has 0 fully saturated rings. The van der Waals surface area contributed by atoms with Crippen LogP contribution in [0.3, 0.4) is 0 Å². The second-order valence-corrected chi connectivity index (χ2v) is 15.6. The monoisotopic (exact) mass is 718 g/mol. The Balaban J connectivity index is 1.98. The van der Waals surface area contributed by atoms with Gasteiger partial charge in [-0.25, -0.2) is 0 Å². The topological polar surface area (TPSA) is 161 Å². The van der Waals surface area contributed by atoms with Crippen molar-refractivity contribution in [2.45, 2.75) is 55.8 Å². The van der Waals surface area contributed by atoms with Crippen molar-refractivity contribution in [3.8, 4) is 0 Å². The molecule has 1 unspecified atom stereocenters. The van der Waals surface area contributed by atoms with E-state index in [4.69, 9.17) is 5.11 Å². The van der Waals surface area contributed by atoms with Crippen LogP contribution < -0.4 is 8.43 Å². The summed E-state index contributed by atoms with van der Waals surface area (Å²) in [7, 11) is -8.68. The van der Waals surface area contributed by atoms with Crippen LogP contribution in [0.25, 0.3) is 0 Å². The molecule has 2 aromatic carbocycles. The lowest BCUT2D eigenvalue weighted by molar-refractivity contribution is -0.137. The molecule has 4 N–H and O–H groups in total. The second-order valence-electron chi connectivity index (χ2n) is 9.83. The predicted octanol–water partition coefficient (Wildman–Crippen LogP) is 5.56. The number of para-hydroxylation sites is 1. The van der Waals surface area contributed by atoms with Gasteiger partial charge in [0.25, 0.3) is 20.2 Å². The third-order valence-electron chi connectivity index (χ3n) is 6.64. The zero-order chi connectivity index (χ0) is 30.1.